The van der Waals surface area contributed by atoms with Gasteiger partial charge in [-0.2, -0.15) is 0 Å². The van der Waals surface area contributed by atoms with Crippen molar-refractivity contribution in [1.82, 2.24) is 4.90 Å². The van der Waals surface area contributed by atoms with Gasteiger partial charge in [0.1, 0.15) is 0 Å². The third kappa shape index (κ3) is 3.15. The van der Waals surface area contributed by atoms with Crippen LogP contribution in [-0.4, -0.2) is 48.3 Å². The van der Waals surface area contributed by atoms with E-state index in [0.29, 0.717) is 32.6 Å². The van der Waals surface area contributed by atoms with E-state index in [1.165, 1.54) is 23.3 Å². The zero-order valence-electron chi connectivity index (χ0n) is 12.6. The molecule has 0 radical (unpaired) electrons. The topological polar surface area (TPSA) is 49.8 Å². The molecule has 1 aliphatic heterocycles. The predicted molar refractivity (Wildman–Crippen MR) is 82.9 cm³/mol. The van der Waals surface area contributed by atoms with Gasteiger partial charge in [-0.3, -0.25) is 4.79 Å². The highest BCUT2D eigenvalue weighted by Gasteiger charge is 2.33. The van der Waals surface area contributed by atoms with E-state index in [9.17, 15) is 9.90 Å². The second-order valence-corrected chi connectivity index (χ2v) is 7.22. The maximum atomic E-state index is 12.7. The van der Waals surface area contributed by atoms with Crippen molar-refractivity contribution in [3.05, 3.63) is 21.4 Å². The number of amides is 1. The first-order valence-electron chi connectivity index (χ1n) is 7.74. The maximum absolute atomic E-state index is 12.7. The van der Waals surface area contributed by atoms with E-state index < -0.39 is 5.60 Å². The summed E-state index contributed by atoms with van der Waals surface area (Å²) in [7, 11) is 1.79. The lowest BCUT2D eigenvalue weighted by molar-refractivity contribution is -0.0734. The van der Waals surface area contributed by atoms with Gasteiger partial charge >= 0.3 is 0 Å². The number of fused-ring (bicyclic) bond motifs is 1. The molecule has 1 aliphatic carbocycles. The summed E-state index contributed by atoms with van der Waals surface area (Å²) in [5.41, 5.74) is 1.31. The van der Waals surface area contributed by atoms with Gasteiger partial charge < -0.3 is 14.7 Å². The average molecular weight is 309 g/mol. The van der Waals surface area contributed by atoms with Crippen LogP contribution in [0.15, 0.2) is 5.38 Å². The predicted octanol–water partition coefficient (Wildman–Crippen LogP) is 2.24. The zero-order valence-corrected chi connectivity index (χ0v) is 13.4. The van der Waals surface area contributed by atoms with Crippen LogP contribution in [0.2, 0.25) is 0 Å². The fourth-order valence-corrected chi connectivity index (χ4v) is 4.42. The minimum Gasteiger partial charge on any atom is -0.388 e. The first kappa shape index (κ1) is 15.0. The van der Waals surface area contributed by atoms with Gasteiger partial charge in [-0.15, -0.1) is 11.3 Å². The molecule has 1 aromatic heterocycles. The number of rotatable bonds is 3. The van der Waals surface area contributed by atoms with Gasteiger partial charge in [0, 0.05) is 49.9 Å². The Balaban J connectivity index is 1.71. The largest absolute Gasteiger partial charge is 0.388 e. The van der Waals surface area contributed by atoms with Crippen LogP contribution in [0.4, 0.5) is 0 Å². The quantitative estimate of drug-likeness (QED) is 0.931. The third-order valence-electron chi connectivity index (χ3n) is 4.59. The van der Waals surface area contributed by atoms with Crippen LogP contribution < -0.4 is 0 Å². The van der Waals surface area contributed by atoms with E-state index in [2.05, 4.69) is 0 Å². The highest BCUT2D eigenvalue weighted by atomic mass is 32.1. The third-order valence-corrected chi connectivity index (χ3v) is 5.68. The first-order valence-corrected chi connectivity index (χ1v) is 8.62. The number of hydrogen-bond acceptors (Lipinski definition) is 4. The molecule has 0 bridgehead atoms. The van der Waals surface area contributed by atoms with Gasteiger partial charge in [-0.05, 0) is 31.2 Å². The Hall–Kier alpha value is -0.910. The number of aryl methyl sites for hydroxylation is 1. The Kier molecular flexibility index (Phi) is 4.33. The second kappa shape index (κ2) is 6.07. The zero-order chi connectivity index (χ0) is 14.9. The molecule has 0 spiro atoms. The van der Waals surface area contributed by atoms with E-state index >= 15 is 0 Å². The van der Waals surface area contributed by atoms with Crippen LogP contribution in [0.3, 0.4) is 0 Å². The molecule has 4 nitrogen and oxygen atoms in total. The maximum Gasteiger partial charge on any atom is 0.254 e. The molecule has 2 aliphatic rings. The van der Waals surface area contributed by atoms with Gasteiger partial charge in [0.2, 0.25) is 0 Å². The number of hydrogen-bond donors (Lipinski definition) is 1. The van der Waals surface area contributed by atoms with E-state index in [1.54, 1.807) is 23.3 Å². The number of thiophene rings is 1. The minimum absolute atomic E-state index is 0.0503. The molecule has 21 heavy (non-hydrogen) atoms. The molecule has 2 heterocycles. The summed E-state index contributed by atoms with van der Waals surface area (Å²) in [5, 5.41) is 12.6. The van der Waals surface area contributed by atoms with Gasteiger partial charge in [-0.1, -0.05) is 0 Å². The number of nitrogens with zero attached hydrogens (tertiary/aromatic N) is 1. The number of carbonyl (C=O) groups excluding carboxylic acids is 1. The number of aliphatic hydroxyl groups is 1. The van der Waals surface area contributed by atoms with E-state index in [1.807, 2.05) is 5.38 Å². The standard InChI is InChI=1S/C16H23NO3S/c1-17(11-16(19)6-8-20-9-7-16)15(18)13-10-21-14-5-3-2-4-12(13)14/h10,19H,2-9,11H2,1H3. The molecule has 0 saturated carbocycles. The fraction of sp³-hybridized carbons (Fsp3) is 0.688. The molecule has 0 aromatic carbocycles. The molecule has 0 unspecified atom stereocenters. The molecule has 1 saturated heterocycles. The molecule has 1 aromatic rings. The van der Waals surface area contributed by atoms with Gasteiger partial charge in [-0.25, -0.2) is 0 Å². The Morgan fingerprint density at radius 1 is 1.38 bits per heavy atom. The SMILES string of the molecule is CN(CC1(O)CCOCC1)C(=O)c1csc2c1CCCC2. The van der Waals surface area contributed by atoms with Crippen molar-refractivity contribution in [2.45, 2.75) is 44.1 Å². The molecule has 0 atom stereocenters. The van der Waals surface area contributed by atoms with Crippen LogP contribution >= 0.6 is 11.3 Å². The van der Waals surface area contributed by atoms with Crippen molar-refractivity contribution >= 4 is 17.2 Å². The highest BCUT2D eigenvalue weighted by Crippen LogP contribution is 2.31. The van der Waals surface area contributed by atoms with E-state index in [4.69, 9.17) is 4.74 Å². The molecule has 3 rings (SSSR count). The summed E-state index contributed by atoms with van der Waals surface area (Å²) in [5.74, 6) is 0.0503. The molecule has 5 heteroatoms. The summed E-state index contributed by atoms with van der Waals surface area (Å²) in [4.78, 5) is 15.7. The molecule has 1 fully saturated rings. The normalized spacial score (nSPS) is 20.9. The van der Waals surface area contributed by atoms with Crippen molar-refractivity contribution in [3.8, 4) is 0 Å². The van der Waals surface area contributed by atoms with Crippen LogP contribution in [0.1, 0.15) is 46.5 Å². The van der Waals surface area contributed by atoms with Crippen LogP contribution in [0.25, 0.3) is 0 Å². The first-order chi connectivity index (χ1) is 10.1. The lowest BCUT2D eigenvalue weighted by atomic mass is 9.93. The molecular weight excluding hydrogens is 286 g/mol. The Labute approximate surface area is 129 Å². The minimum atomic E-state index is -0.793. The molecule has 1 N–H and O–H groups in total. The van der Waals surface area contributed by atoms with Gasteiger partial charge in [0.25, 0.3) is 5.91 Å². The molecule has 1 amide bonds. The second-order valence-electron chi connectivity index (χ2n) is 6.26. The van der Waals surface area contributed by atoms with Crippen molar-refractivity contribution in [2.75, 3.05) is 26.8 Å². The summed E-state index contributed by atoms with van der Waals surface area (Å²) in [6.07, 6.45) is 5.74. The smallest absolute Gasteiger partial charge is 0.254 e. The van der Waals surface area contributed by atoms with E-state index in [-0.39, 0.29) is 5.91 Å². The number of likely N-dealkylation sites (N-methyl/N-ethyl adjacent to an activating group) is 1. The summed E-state index contributed by atoms with van der Waals surface area (Å²) in [6, 6.07) is 0. The molecular formula is C16H23NO3S. The monoisotopic (exact) mass is 309 g/mol. The summed E-state index contributed by atoms with van der Waals surface area (Å²) in [6.45, 7) is 1.54. The summed E-state index contributed by atoms with van der Waals surface area (Å²) < 4.78 is 5.29. The Bertz CT molecular complexity index is 520. The van der Waals surface area contributed by atoms with Crippen LogP contribution in [0, 0.1) is 0 Å². The van der Waals surface area contributed by atoms with Crippen molar-refractivity contribution in [1.29, 1.82) is 0 Å². The molecule has 116 valence electrons. The van der Waals surface area contributed by atoms with Gasteiger partial charge in [0.05, 0.1) is 11.2 Å². The fourth-order valence-electron chi connectivity index (χ4n) is 3.30. The van der Waals surface area contributed by atoms with E-state index in [0.717, 1.165) is 18.4 Å². The number of carbonyl (C=O) groups is 1. The summed E-state index contributed by atoms with van der Waals surface area (Å²) >= 11 is 1.71. The Morgan fingerprint density at radius 2 is 2.10 bits per heavy atom. The van der Waals surface area contributed by atoms with Crippen molar-refractivity contribution in [3.63, 3.8) is 0 Å². The average Bonchev–Trinajstić information content (AvgIpc) is 2.90. The highest BCUT2D eigenvalue weighted by molar-refractivity contribution is 7.10. The van der Waals surface area contributed by atoms with Crippen LogP contribution in [-0.2, 0) is 17.6 Å². The van der Waals surface area contributed by atoms with Crippen molar-refractivity contribution in [2.24, 2.45) is 0 Å². The van der Waals surface area contributed by atoms with Crippen molar-refractivity contribution < 1.29 is 14.6 Å². The van der Waals surface area contributed by atoms with Gasteiger partial charge in [0.15, 0.2) is 0 Å². The lowest BCUT2D eigenvalue weighted by Gasteiger charge is -2.35. The number of ether oxygens (including phenoxy) is 1. The lowest BCUT2D eigenvalue weighted by Crippen LogP contribution is -2.47. The van der Waals surface area contributed by atoms with Crippen LogP contribution in [0.5, 0.6) is 0 Å². The Morgan fingerprint density at radius 3 is 2.86 bits per heavy atom.